The van der Waals surface area contributed by atoms with E-state index in [4.69, 9.17) is 0 Å². The number of nitrogens with zero attached hydrogens (tertiary/aromatic N) is 3. The molecule has 0 saturated carbocycles. The largest absolute Gasteiger partial charge is 0.426 e. The molecule has 0 radical (unpaired) electrons. The fraction of sp³-hybridized carbons (Fsp3) is 0.400. The smallest absolute Gasteiger partial charge is 0.356 e. The highest BCUT2D eigenvalue weighted by Gasteiger charge is 2.36. The van der Waals surface area contributed by atoms with Gasteiger partial charge >= 0.3 is 6.18 Å². The number of fused-ring (bicyclic) bond motifs is 1. The average Bonchev–Trinajstić information content (AvgIpc) is 3.12. The van der Waals surface area contributed by atoms with Crippen molar-refractivity contribution in [1.82, 2.24) is 25.5 Å². The maximum absolute atomic E-state index is 12.9. The zero-order valence-electron chi connectivity index (χ0n) is 13.7. The Kier molecular flexibility index (Phi) is 5.78. The van der Waals surface area contributed by atoms with Crippen LogP contribution in [0.1, 0.15) is 21.7 Å². The van der Waals surface area contributed by atoms with Crippen LogP contribution in [0, 0.1) is 6.92 Å². The fourth-order valence-corrected chi connectivity index (χ4v) is 4.23. The van der Waals surface area contributed by atoms with Gasteiger partial charge in [0.25, 0.3) is 0 Å². The maximum atomic E-state index is 12.9. The number of imidazole rings is 1. The molecule has 26 heavy (non-hydrogen) atoms. The predicted molar refractivity (Wildman–Crippen MR) is 98.3 cm³/mol. The van der Waals surface area contributed by atoms with E-state index in [0.717, 1.165) is 23.3 Å². The van der Waals surface area contributed by atoms with Gasteiger partial charge in [0, 0.05) is 22.4 Å². The summed E-state index contributed by atoms with van der Waals surface area (Å²) in [5, 5.41) is 14.0. The normalized spacial score (nSPS) is 12.0. The lowest BCUT2D eigenvalue weighted by Crippen LogP contribution is -2.17. The molecule has 0 amide bonds. The van der Waals surface area contributed by atoms with Crippen LogP contribution in [0.3, 0.4) is 0 Å². The fourth-order valence-electron chi connectivity index (χ4n) is 2.36. The van der Waals surface area contributed by atoms with Crippen molar-refractivity contribution in [3.63, 3.8) is 0 Å². The number of nitrogens with one attached hydrogen (secondary N) is 3. The van der Waals surface area contributed by atoms with Gasteiger partial charge in [-0.2, -0.15) is 23.3 Å². The molecule has 11 heteroatoms. The number of aromatic nitrogens is 4. The molecule has 6 nitrogen and oxygen atoms in total. The lowest BCUT2D eigenvalue weighted by molar-refractivity contribution is -0.134. The van der Waals surface area contributed by atoms with Crippen molar-refractivity contribution in [2.75, 3.05) is 18.4 Å². The number of aromatic amines is 1. The van der Waals surface area contributed by atoms with Crippen LogP contribution < -0.4 is 10.6 Å². The minimum Gasteiger partial charge on any atom is -0.356 e. The molecule has 0 aromatic carbocycles. The summed E-state index contributed by atoms with van der Waals surface area (Å²) in [5.41, 5.74) is 1.99. The minimum atomic E-state index is -4.33. The Bertz CT molecular complexity index is 858. The first-order valence-electron chi connectivity index (χ1n) is 7.83. The molecule has 0 aliphatic carbocycles. The van der Waals surface area contributed by atoms with Gasteiger partial charge in [0.2, 0.25) is 11.6 Å². The Morgan fingerprint density at radius 1 is 1.31 bits per heavy atom. The van der Waals surface area contributed by atoms with Gasteiger partial charge in [-0.15, -0.1) is 16.4 Å². The van der Waals surface area contributed by atoms with Crippen molar-refractivity contribution >= 4 is 44.4 Å². The highest BCUT2D eigenvalue weighted by Crippen LogP contribution is 2.43. The van der Waals surface area contributed by atoms with E-state index in [-0.39, 0.29) is 4.47 Å². The molecule has 0 spiro atoms. The number of halogens is 4. The van der Waals surface area contributed by atoms with Crippen molar-refractivity contribution in [3.05, 3.63) is 32.1 Å². The lowest BCUT2D eigenvalue weighted by Gasteiger charge is -2.05. The first kappa shape index (κ1) is 19.1. The number of hydrogen-bond donors (Lipinski definition) is 3. The Balaban J connectivity index is 1.43. The zero-order valence-corrected chi connectivity index (χ0v) is 16.1. The molecule has 3 heterocycles. The topological polar surface area (TPSA) is 78.5 Å². The third-order valence-corrected chi connectivity index (χ3v) is 6.30. The molecule has 0 aliphatic heterocycles. The van der Waals surface area contributed by atoms with Gasteiger partial charge in [0.05, 0.1) is 11.7 Å². The molecular weight excluding hydrogens is 433 g/mol. The molecular formula is C15H16BrF3N6S. The SMILES string of the molecule is Cc1c(CNCCCNc2nc3nnccc3[nH]2)sc(C(F)(F)F)c1Br. The summed E-state index contributed by atoms with van der Waals surface area (Å²) < 4.78 is 38.9. The Morgan fingerprint density at radius 2 is 2.12 bits per heavy atom. The first-order valence-corrected chi connectivity index (χ1v) is 9.44. The highest BCUT2D eigenvalue weighted by molar-refractivity contribution is 9.10. The van der Waals surface area contributed by atoms with E-state index >= 15 is 0 Å². The van der Waals surface area contributed by atoms with E-state index < -0.39 is 11.1 Å². The van der Waals surface area contributed by atoms with Gasteiger partial charge < -0.3 is 15.6 Å². The van der Waals surface area contributed by atoms with Gasteiger partial charge in [-0.3, -0.25) is 0 Å². The summed E-state index contributed by atoms with van der Waals surface area (Å²) in [6.07, 6.45) is -1.95. The standard InChI is InChI=1S/C15H16BrF3N6S/c1-8-10(26-12(11(8)16)15(17,18)19)7-20-4-2-5-21-14-23-9-3-6-22-25-13(9)24-14/h3,6,20H,2,4-5,7H2,1H3,(H2,21,23,24,25). The first-order chi connectivity index (χ1) is 12.4. The molecule has 0 unspecified atom stereocenters. The number of thiophene rings is 1. The van der Waals surface area contributed by atoms with Crippen LogP contribution in [0.15, 0.2) is 16.7 Å². The molecule has 140 valence electrons. The van der Waals surface area contributed by atoms with Crippen molar-refractivity contribution < 1.29 is 13.2 Å². The lowest BCUT2D eigenvalue weighted by atomic mass is 10.2. The Hall–Kier alpha value is -1.72. The summed E-state index contributed by atoms with van der Waals surface area (Å²) in [4.78, 5) is 7.45. The Morgan fingerprint density at radius 3 is 2.81 bits per heavy atom. The molecule has 0 saturated heterocycles. The summed E-state index contributed by atoms with van der Waals surface area (Å²) >= 11 is 3.82. The average molecular weight is 449 g/mol. The number of rotatable bonds is 7. The summed E-state index contributed by atoms with van der Waals surface area (Å²) in [6, 6.07) is 1.79. The Labute approximate surface area is 159 Å². The van der Waals surface area contributed by atoms with E-state index in [1.165, 1.54) is 0 Å². The molecule has 0 fully saturated rings. The van der Waals surface area contributed by atoms with Gasteiger partial charge in [-0.25, -0.2) is 0 Å². The second-order valence-electron chi connectivity index (χ2n) is 5.60. The molecule has 3 aromatic heterocycles. The van der Waals surface area contributed by atoms with Gasteiger partial charge in [-0.05, 0) is 47.4 Å². The monoisotopic (exact) mass is 448 g/mol. The third-order valence-electron chi connectivity index (χ3n) is 3.71. The van der Waals surface area contributed by atoms with Gasteiger partial charge in [0.15, 0.2) is 0 Å². The van der Waals surface area contributed by atoms with E-state index in [1.807, 2.05) is 0 Å². The van der Waals surface area contributed by atoms with Crippen LogP contribution in [0.5, 0.6) is 0 Å². The quantitative estimate of drug-likeness (QED) is 0.474. The van der Waals surface area contributed by atoms with Crippen LogP contribution in [-0.4, -0.2) is 33.3 Å². The van der Waals surface area contributed by atoms with Crippen LogP contribution in [0.4, 0.5) is 19.1 Å². The van der Waals surface area contributed by atoms with Gasteiger partial charge in [0.1, 0.15) is 4.88 Å². The van der Waals surface area contributed by atoms with Gasteiger partial charge in [-0.1, -0.05) is 0 Å². The van der Waals surface area contributed by atoms with Crippen LogP contribution in [0.25, 0.3) is 11.2 Å². The predicted octanol–water partition coefficient (Wildman–Crippen LogP) is 4.10. The van der Waals surface area contributed by atoms with E-state index in [9.17, 15) is 13.2 Å². The van der Waals surface area contributed by atoms with Crippen molar-refractivity contribution in [2.24, 2.45) is 0 Å². The van der Waals surface area contributed by atoms with E-state index in [1.54, 1.807) is 19.2 Å². The van der Waals surface area contributed by atoms with Crippen molar-refractivity contribution in [2.45, 2.75) is 26.1 Å². The van der Waals surface area contributed by atoms with Crippen LogP contribution >= 0.6 is 27.3 Å². The van der Waals surface area contributed by atoms with Crippen molar-refractivity contribution in [3.8, 4) is 0 Å². The summed E-state index contributed by atoms with van der Waals surface area (Å²) in [7, 11) is 0. The number of alkyl halides is 3. The molecule has 0 bridgehead atoms. The third kappa shape index (κ3) is 4.33. The molecule has 0 aliphatic rings. The summed E-state index contributed by atoms with van der Waals surface area (Å²) in [5.74, 6) is 0.619. The molecule has 3 N–H and O–H groups in total. The van der Waals surface area contributed by atoms with Crippen LogP contribution in [-0.2, 0) is 12.7 Å². The van der Waals surface area contributed by atoms with E-state index in [0.29, 0.717) is 41.7 Å². The number of hydrogen-bond acceptors (Lipinski definition) is 6. The second-order valence-corrected chi connectivity index (χ2v) is 7.50. The van der Waals surface area contributed by atoms with Crippen LogP contribution in [0.2, 0.25) is 0 Å². The maximum Gasteiger partial charge on any atom is 0.426 e. The number of H-pyrrole nitrogens is 1. The molecule has 0 atom stereocenters. The molecule has 3 aromatic rings. The highest BCUT2D eigenvalue weighted by atomic mass is 79.9. The number of anilines is 1. The zero-order chi connectivity index (χ0) is 18.7. The van der Waals surface area contributed by atoms with Crippen molar-refractivity contribution in [1.29, 1.82) is 0 Å². The summed E-state index contributed by atoms with van der Waals surface area (Å²) in [6.45, 7) is 3.44. The van der Waals surface area contributed by atoms with E-state index in [2.05, 4.69) is 46.7 Å². The second kappa shape index (κ2) is 7.89. The minimum absolute atomic E-state index is 0.140. The molecule has 3 rings (SSSR count).